The van der Waals surface area contributed by atoms with Crippen LogP contribution in [0.25, 0.3) is 0 Å². The number of hydrogen-bond donors (Lipinski definition) is 3. The Bertz CT molecular complexity index is 1690. The topological polar surface area (TPSA) is 141 Å². The summed E-state index contributed by atoms with van der Waals surface area (Å²) in [4.78, 5) is 53.1. The molecule has 4 aromatic rings. The van der Waals surface area contributed by atoms with Crippen molar-refractivity contribution < 1.29 is 23.6 Å². The maximum Gasteiger partial charge on any atom is 0.469 e. The Morgan fingerprint density at radius 3 is 1.50 bits per heavy atom. The molecule has 3 N–H and O–H groups in total. The van der Waals surface area contributed by atoms with E-state index in [1.54, 1.807) is 6.92 Å². The van der Waals surface area contributed by atoms with Crippen LogP contribution in [0.1, 0.15) is 70.0 Å². The van der Waals surface area contributed by atoms with Gasteiger partial charge in [0.25, 0.3) is 5.56 Å². The first-order valence-electron chi connectivity index (χ1n) is 18.9. The predicted molar refractivity (Wildman–Crippen MR) is 216 cm³/mol. The standard InChI is InChI=1S/C29H30N3O7P.2C6H15N/c1-21-17-32(28(34)30-27(21)33)26-19-31(18-25(39-26)20-38-40(35,36)37)29(22-11-5-2-6-12-22,23-13-7-3-8-14-23)24-15-9-4-10-16-24;2*1-4-7(5-2)6-3/h2-17,25-26H,18-20H2,1H3,(H,30,33,34)(H2,35,36,37);2*4-6H2,1-3H3/t25-,26+;;/m0../s1. The van der Waals surface area contributed by atoms with Gasteiger partial charge in [0, 0.05) is 24.8 Å². The third-order valence-electron chi connectivity index (χ3n) is 9.77. The van der Waals surface area contributed by atoms with E-state index >= 15 is 0 Å². The van der Waals surface area contributed by atoms with Gasteiger partial charge in [-0.2, -0.15) is 0 Å². The molecular weight excluding hydrogens is 705 g/mol. The smallest absolute Gasteiger partial charge is 0.350 e. The van der Waals surface area contributed by atoms with Gasteiger partial charge in [0.05, 0.1) is 18.2 Å². The molecule has 296 valence electrons. The Balaban J connectivity index is 0.000000476. The lowest BCUT2D eigenvalue weighted by molar-refractivity contribution is -0.149. The number of ether oxygens (including phenoxy) is 1. The summed E-state index contributed by atoms with van der Waals surface area (Å²) in [5.74, 6) is 0. The minimum atomic E-state index is -4.80. The van der Waals surface area contributed by atoms with Crippen molar-refractivity contribution >= 4 is 7.82 Å². The van der Waals surface area contributed by atoms with Gasteiger partial charge in [-0.05, 0) is 62.9 Å². The second-order valence-corrected chi connectivity index (χ2v) is 14.2. The fourth-order valence-corrected chi connectivity index (χ4v) is 7.10. The van der Waals surface area contributed by atoms with Gasteiger partial charge in [-0.15, -0.1) is 0 Å². The van der Waals surface area contributed by atoms with Crippen LogP contribution in [0.4, 0.5) is 0 Å². The van der Waals surface area contributed by atoms with Gasteiger partial charge in [0.15, 0.2) is 6.23 Å². The number of phosphoric ester groups is 1. The molecule has 12 nitrogen and oxygen atoms in total. The van der Waals surface area contributed by atoms with Crippen LogP contribution in [0.5, 0.6) is 0 Å². The molecule has 5 rings (SSSR count). The molecule has 3 aromatic carbocycles. The Morgan fingerprint density at radius 2 is 1.15 bits per heavy atom. The zero-order valence-electron chi connectivity index (χ0n) is 32.9. The molecule has 2 atom stereocenters. The SMILES string of the molecule is CCN(CC)CC.CCN(CC)CC.Cc1cn([C@H]2CN(C(c3ccccc3)(c3ccccc3)c3ccccc3)C[C@@H](COP(=O)(O)O)O2)c(=O)[nH]c1=O. The van der Waals surface area contributed by atoms with Crippen molar-refractivity contribution in [3.63, 3.8) is 0 Å². The maximum absolute atomic E-state index is 12.9. The van der Waals surface area contributed by atoms with Crippen LogP contribution in [0.15, 0.2) is 107 Å². The second kappa shape index (κ2) is 22.0. The zero-order chi connectivity index (χ0) is 39.7. The normalized spacial score (nSPS) is 16.4. The molecule has 0 bridgehead atoms. The Kier molecular flexibility index (Phi) is 18.2. The largest absolute Gasteiger partial charge is 0.469 e. The highest BCUT2D eigenvalue weighted by Crippen LogP contribution is 2.45. The Morgan fingerprint density at radius 1 is 0.741 bits per heavy atom. The fraction of sp³-hybridized carbons (Fsp3) is 0.463. The molecule has 54 heavy (non-hydrogen) atoms. The summed E-state index contributed by atoms with van der Waals surface area (Å²) in [5, 5.41) is 0. The molecule has 1 aromatic heterocycles. The average Bonchev–Trinajstić information content (AvgIpc) is 3.19. The number of benzene rings is 3. The zero-order valence-corrected chi connectivity index (χ0v) is 33.8. The molecule has 1 aliphatic heterocycles. The van der Waals surface area contributed by atoms with Crippen LogP contribution in [-0.2, 0) is 19.4 Å². The maximum atomic E-state index is 12.9. The number of phosphoric acid groups is 1. The lowest BCUT2D eigenvalue weighted by Crippen LogP contribution is -2.58. The summed E-state index contributed by atoms with van der Waals surface area (Å²) < 4.78 is 24.0. The van der Waals surface area contributed by atoms with Crippen molar-refractivity contribution in [3.05, 3.63) is 140 Å². The van der Waals surface area contributed by atoms with Gasteiger partial charge in [-0.1, -0.05) is 133 Å². The highest BCUT2D eigenvalue weighted by Gasteiger charge is 2.46. The van der Waals surface area contributed by atoms with Crippen molar-refractivity contribution in [1.29, 1.82) is 0 Å². The van der Waals surface area contributed by atoms with Gasteiger partial charge >= 0.3 is 13.5 Å². The highest BCUT2D eigenvalue weighted by molar-refractivity contribution is 7.46. The van der Waals surface area contributed by atoms with Crippen LogP contribution >= 0.6 is 7.82 Å². The van der Waals surface area contributed by atoms with Crippen molar-refractivity contribution in [1.82, 2.24) is 24.3 Å². The van der Waals surface area contributed by atoms with Gasteiger partial charge in [-0.25, -0.2) is 9.36 Å². The molecule has 0 aliphatic carbocycles. The van der Waals surface area contributed by atoms with E-state index < -0.39 is 43.5 Å². The Labute approximate surface area is 320 Å². The van der Waals surface area contributed by atoms with Crippen molar-refractivity contribution in [2.45, 2.75) is 66.3 Å². The van der Waals surface area contributed by atoms with E-state index in [9.17, 15) is 23.9 Å². The number of nitrogens with zero attached hydrogens (tertiary/aromatic N) is 4. The van der Waals surface area contributed by atoms with Crippen LogP contribution < -0.4 is 11.2 Å². The second-order valence-electron chi connectivity index (χ2n) is 12.9. The lowest BCUT2D eigenvalue weighted by atomic mass is 9.75. The monoisotopic (exact) mass is 765 g/mol. The summed E-state index contributed by atoms with van der Waals surface area (Å²) in [6.07, 6.45) is -0.301. The third kappa shape index (κ3) is 12.1. The number of morpholine rings is 1. The van der Waals surface area contributed by atoms with Crippen LogP contribution in [0, 0.1) is 6.92 Å². The lowest BCUT2D eigenvalue weighted by Gasteiger charge is -2.50. The molecule has 0 radical (unpaired) electrons. The molecule has 2 heterocycles. The van der Waals surface area contributed by atoms with Crippen molar-refractivity contribution in [2.75, 3.05) is 59.0 Å². The van der Waals surface area contributed by atoms with Gasteiger partial charge in [0.2, 0.25) is 0 Å². The number of aromatic amines is 1. The van der Waals surface area contributed by atoms with Gasteiger partial charge in [-0.3, -0.25) is 23.8 Å². The molecule has 1 fully saturated rings. The minimum absolute atomic E-state index is 0.205. The number of nitrogens with one attached hydrogen (secondary N) is 1. The summed E-state index contributed by atoms with van der Waals surface area (Å²) >= 11 is 0. The molecular formula is C41H60N5O7P. The molecule has 0 unspecified atom stereocenters. The van der Waals surface area contributed by atoms with Crippen molar-refractivity contribution in [3.8, 4) is 0 Å². The van der Waals surface area contributed by atoms with E-state index in [0.29, 0.717) is 5.56 Å². The van der Waals surface area contributed by atoms with Crippen LogP contribution in [0.2, 0.25) is 0 Å². The molecule has 1 saturated heterocycles. The molecule has 0 amide bonds. The quantitative estimate of drug-likeness (QED) is 0.106. The summed E-state index contributed by atoms with van der Waals surface area (Å²) in [7, 11) is -4.80. The number of H-pyrrole nitrogens is 1. The van der Waals surface area contributed by atoms with Crippen LogP contribution in [-0.4, -0.2) is 99.1 Å². The molecule has 13 heteroatoms. The first kappa shape index (κ1) is 44.7. The third-order valence-corrected chi connectivity index (χ3v) is 10.3. The van der Waals surface area contributed by atoms with E-state index in [-0.39, 0.29) is 13.1 Å². The summed E-state index contributed by atoms with van der Waals surface area (Å²) in [5.41, 5.74) is 1.15. The molecule has 0 spiro atoms. The number of hydrogen-bond acceptors (Lipinski definition) is 8. The number of rotatable bonds is 14. The summed E-state index contributed by atoms with van der Waals surface area (Å²) in [6, 6.07) is 29.7. The average molecular weight is 766 g/mol. The van der Waals surface area contributed by atoms with E-state index in [2.05, 4.69) is 61.2 Å². The highest BCUT2D eigenvalue weighted by atomic mass is 31.2. The first-order chi connectivity index (χ1) is 25.9. The fourth-order valence-electron chi connectivity index (χ4n) is 6.74. The minimum Gasteiger partial charge on any atom is -0.350 e. The molecule has 1 aliphatic rings. The number of aromatic nitrogens is 2. The first-order valence-corrected chi connectivity index (χ1v) is 20.4. The summed E-state index contributed by atoms with van der Waals surface area (Å²) in [6.45, 7) is 21.8. The number of aryl methyl sites for hydroxylation is 1. The van der Waals surface area contributed by atoms with Crippen molar-refractivity contribution in [2.24, 2.45) is 0 Å². The van der Waals surface area contributed by atoms with Gasteiger partial charge in [0.1, 0.15) is 0 Å². The predicted octanol–water partition coefficient (Wildman–Crippen LogP) is 5.84. The van der Waals surface area contributed by atoms with Gasteiger partial charge < -0.3 is 24.3 Å². The van der Waals surface area contributed by atoms with E-state index in [0.717, 1.165) is 16.7 Å². The van der Waals surface area contributed by atoms with Crippen LogP contribution in [0.3, 0.4) is 0 Å². The van der Waals surface area contributed by atoms with E-state index in [4.69, 9.17) is 9.26 Å². The Hall–Kier alpha value is -3.71. The van der Waals surface area contributed by atoms with E-state index in [1.807, 2.05) is 91.0 Å². The van der Waals surface area contributed by atoms with E-state index in [1.165, 1.54) is 50.0 Å². The molecule has 0 saturated carbocycles.